The third-order valence-corrected chi connectivity index (χ3v) is 6.44. The van der Waals surface area contributed by atoms with E-state index in [-0.39, 0.29) is 19.6 Å². The molecule has 166 valence electrons. The van der Waals surface area contributed by atoms with Crippen molar-refractivity contribution in [3.05, 3.63) is 53.3 Å². The van der Waals surface area contributed by atoms with Crippen molar-refractivity contribution < 1.29 is 23.1 Å². The third-order valence-electron chi connectivity index (χ3n) is 5.56. The minimum absolute atomic E-state index is 0.0509. The predicted octanol–water partition coefficient (Wildman–Crippen LogP) is 5.11. The van der Waals surface area contributed by atoms with Crippen LogP contribution >= 0.6 is 11.3 Å². The second kappa shape index (κ2) is 8.48. The van der Waals surface area contributed by atoms with E-state index in [0.717, 1.165) is 10.1 Å². The molecule has 32 heavy (non-hydrogen) atoms. The number of fused-ring (bicyclic) bond motifs is 2. The number of aromatic nitrogens is 1. The Labute approximate surface area is 186 Å². The Kier molecular flexibility index (Phi) is 5.52. The minimum atomic E-state index is -2.62. The van der Waals surface area contributed by atoms with Gasteiger partial charge < -0.3 is 14.4 Å². The van der Waals surface area contributed by atoms with Gasteiger partial charge in [0.25, 0.3) is 5.92 Å². The summed E-state index contributed by atoms with van der Waals surface area (Å²) in [6, 6.07) is 10.8. The smallest absolute Gasteiger partial charge is 0.260 e. The molecule has 0 radical (unpaired) electrons. The summed E-state index contributed by atoms with van der Waals surface area (Å²) >= 11 is 1.61. The second-order valence-corrected chi connectivity index (χ2v) is 8.81. The number of thiophene rings is 1. The number of alkyl halides is 2. The number of hydrogen-bond acceptors (Lipinski definition) is 7. The molecule has 5 rings (SSSR count). The van der Waals surface area contributed by atoms with Crippen LogP contribution in [-0.2, 0) is 0 Å². The highest BCUT2D eigenvalue weighted by atomic mass is 32.1. The van der Waals surface area contributed by atoms with Crippen molar-refractivity contribution in [2.75, 3.05) is 26.2 Å². The van der Waals surface area contributed by atoms with E-state index in [0.29, 0.717) is 53.0 Å². The number of benzene rings is 1. The fraction of sp³-hybridized carbons (Fsp3) is 0.304. The van der Waals surface area contributed by atoms with Gasteiger partial charge >= 0.3 is 0 Å². The topological polar surface area (TPSA) is 71.1 Å². The first-order chi connectivity index (χ1) is 15.5. The molecule has 9 heteroatoms. The van der Waals surface area contributed by atoms with Crippen LogP contribution in [0.25, 0.3) is 32.5 Å². The highest BCUT2D eigenvalue weighted by Crippen LogP contribution is 2.28. The van der Waals surface area contributed by atoms with Crippen LogP contribution in [0.1, 0.15) is 12.8 Å². The summed E-state index contributed by atoms with van der Waals surface area (Å²) in [5.41, 5.74) is 1.16. The fourth-order valence-corrected chi connectivity index (χ4v) is 4.76. The molecule has 1 aliphatic heterocycles. The maximum atomic E-state index is 13.5. The van der Waals surface area contributed by atoms with Crippen LogP contribution < -0.4 is 10.1 Å². The lowest BCUT2D eigenvalue weighted by atomic mass is 10.1. The van der Waals surface area contributed by atoms with E-state index in [4.69, 9.17) is 9.15 Å². The highest BCUT2D eigenvalue weighted by molar-refractivity contribution is 7.17. The average molecular weight is 458 g/mol. The Morgan fingerprint density at radius 3 is 3.00 bits per heavy atom. The van der Waals surface area contributed by atoms with Gasteiger partial charge in [0.1, 0.15) is 29.0 Å². The lowest BCUT2D eigenvalue weighted by Gasteiger charge is -2.32. The predicted molar refractivity (Wildman–Crippen MR) is 118 cm³/mol. The normalized spacial score (nSPS) is 17.2. The molecule has 3 aromatic heterocycles. The van der Waals surface area contributed by atoms with Crippen molar-refractivity contribution in [2.45, 2.75) is 18.8 Å². The molecule has 0 bridgehead atoms. The van der Waals surface area contributed by atoms with Gasteiger partial charge in [-0.15, -0.1) is 11.3 Å². The number of hydrogen-bond donors (Lipinski definition) is 1. The van der Waals surface area contributed by atoms with E-state index in [9.17, 15) is 14.0 Å². The molecule has 1 fully saturated rings. The van der Waals surface area contributed by atoms with Gasteiger partial charge in [-0.3, -0.25) is 9.88 Å². The summed E-state index contributed by atoms with van der Waals surface area (Å²) in [7, 11) is 0. The maximum absolute atomic E-state index is 13.5. The summed E-state index contributed by atoms with van der Waals surface area (Å²) < 4.78 is 40.0. The lowest BCUT2D eigenvalue weighted by molar-refractivity contribution is -0.0656. The van der Waals surface area contributed by atoms with Crippen molar-refractivity contribution in [3.8, 4) is 17.2 Å². The molecule has 1 saturated heterocycles. The molecule has 4 heterocycles. The van der Waals surface area contributed by atoms with E-state index < -0.39 is 5.92 Å². The largest absolute Gasteiger partial charge is 0.492 e. The SMILES string of the molecule is ON=c1cc(-c2cc3sccc3cn2)oc2ccc(OCCN3CCCC(F)(F)C3)cc12. The summed E-state index contributed by atoms with van der Waals surface area (Å²) in [4.78, 5) is 6.17. The van der Waals surface area contributed by atoms with Gasteiger partial charge in [0.15, 0.2) is 5.76 Å². The molecule has 1 N–H and O–H groups in total. The third kappa shape index (κ3) is 4.31. The van der Waals surface area contributed by atoms with Gasteiger partial charge in [0.05, 0.1) is 11.9 Å². The number of rotatable bonds is 5. The first-order valence-corrected chi connectivity index (χ1v) is 11.2. The van der Waals surface area contributed by atoms with Gasteiger partial charge in [-0.25, -0.2) is 8.78 Å². The summed E-state index contributed by atoms with van der Waals surface area (Å²) in [5.74, 6) is -1.59. The van der Waals surface area contributed by atoms with E-state index in [1.165, 1.54) is 0 Å². The molecule has 0 aliphatic carbocycles. The molecule has 0 amide bonds. The summed E-state index contributed by atoms with van der Waals surface area (Å²) in [6.07, 6.45) is 2.22. The monoisotopic (exact) mass is 457 g/mol. The zero-order valence-corrected chi connectivity index (χ0v) is 17.9. The van der Waals surface area contributed by atoms with Crippen LogP contribution in [0, 0.1) is 0 Å². The Morgan fingerprint density at radius 1 is 1.25 bits per heavy atom. The number of pyridine rings is 1. The summed E-state index contributed by atoms with van der Waals surface area (Å²) in [6.45, 7) is 1.13. The maximum Gasteiger partial charge on any atom is 0.260 e. The van der Waals surface area contributed by atoms with E-state index in [2.05, 4.69) is 10.1 Å². The molecular weight excluding hydrogens is 436 g/mol. The Bertz CT molecular complexity index is 1340. The molecule has 0 atom stereocenters. The first-order valence-electron chi connectivity index (χ1n) is 10.3. The molecule has 1 aromatic carbocycles. The molecule has 0 saturated carbocycles. The number of ether oxygens (including phenoxy) is 1. The highest BCUT2D eigenvalue weighted by Gasteiger charge is 2.34. The van der Waals surface area contributed by atoms with Crippen molar-refractivity contribution in [1.82, 2.24) is 9.88 Å². The fourth-order valence-electron chi connectivity index (χ4n) is 3.97. The average Bonchev–Trinajstić information content (AvgIpc) is 3.25. The Hall–Kier alpha value is -3.04. The quantitative estimate of drug-likeness (QED) is 0.333. The van der Waals surface area contributed by atoms with Crippen LogP contribution in [0.2, 0.25) is 0 Å². The molecule has 0 spiro atoms. The van der Waals surface area contributed by atoms with E-state index in [1.54, 1.807) is 46.7 Å². The Balaban J connectivity index is 1.36. The van der Waals surface area contributed by atoms with Crippen molar-refractivity contribution in [3.63, 3.8) is 0 Å². The number of nitrogens with zero attached hydrogens (tertiary/aromatic N) is 3. The van der Waals surface area contributed by atoms with Crippen molar-refractivity contribution in [1.29, 1.82) is 0 Å². The van der Waals surface area contributed by atoms with Crippen LogP contribution in [0.3, 0.4) is 0 Å². The van der Waals surface area contributed by atoms with Crippen LogP contribution in [0.15, 0.2) is 57.5 Å². The van der Waals surface area contributed by atoms with Crippen molar-refractivity contribution in [2.24, 2.45) is 5.16 Å². The lowest BCUT2D eigenvalue weighted by Crippen LogP contribution is -2.44. The Morgan fingerprint density at radius 2 is 2.16 bits per heavy atom. The zero-order chi connectivity index (χ0) is 22.1. The van der Waals surface area contributed by atoms with Gasteiger partial charge in [-0.05, 0) is 48.7 Å². The summed E-state index contributed by atoms with van der Waals surface area (Å²) in [5, 5.41) is 17.0. The molecular formula is C23H21F2N3O3S. The van der Waals surface area contributed by atoms with Crippen LogP contribution in [0.5, 0.6) is 5.75 Å². The van der Waals surface area contributed by atoms with Gasteiger partial charge in [0, 0.05) is 35.3 Å². The molecule has 4 aromatic rings. The number of halogens is 2. The van der Waals surface area contributed by atoms with Gasteiger partial charge in [-0.2, -0.15) is 0 Å². The van der Waals surface area contributed by atoms with Gasteiger partial charge in [-0.1, -0.05) is 5.16 Å². The van der Waals surface area contributed by atoms with E-state index in [1.807, 2.05) is 17.5 Å². The number of piperidine rings is 1. The molecule has 6 nitrogen and oxygen atoms in total. The zero-order valence-electron chi connectivity index (χ0n) is 17.1. The standard InChI is InChI=1S/C23H21F2N3O3S/c24-23(25)5-1-6-28(14-23)7-8-30-16-2-3-20-17(10-16)18(27-29)11-21(31-20)19-12-22-15(13-26-19)4-9-32-22/h2-4,9-13,29H,1,5-8,14H2. The minimum Gasteiger partial charge on any atom is -0.492 e. The van der Waals surface area contributed by atoms with E-state index >= 15 is 0 Å². The number of likely N-dealkylation sites (tertiary alicyclic amines) is 1. The first kappa shape index (κ1) is 20.8. The molecule has 1 aliphatic rings. The molecule has 0 unspecified atom stereocenters. The van der Waals surface area contributed by atoms with Crippen LogP contribution in [0.4, 0.5) is 8.78 Å². The van der Waals surface area contributed by atoms with Crippen molar-refractivity contribution >= 4 is 32.4 Å². The second-order valence-electron chi connectivity index (χ2n) is 7.87. The van der Waals surface area contributed by atoms with Crippen LogP contribution in [-0.4, -0.2) is 47.3 Å². The van der Waals surface area contributed by atoms with Gasteiger partial charge in [0.2, 0.25) is 0 Å².